The lowest BCUT2D eigenvalue weighted by Crippen LogP contribution is -2.37. The molecule has 3 N–H and O–H groups in total. The number of hydrazone groups is 1. The molecule has 0 spiro atoms. The van der Waals surface area contributed by atoms with E-state index in [-0.39, 0.29) is 23.2 Å². The van der Waals surface area contributed by atoms with Gasteiger partial charge in [0.2, 0.25) is 0 Å². The highest BCUT2D eigenvalue weighted by Gasteiger charge is 2.21. The topological polar surface area (TPSA) is 135 Å². The first-order chi connectivity index (χ1) is 20.4. The van der Waals surface area contributed by atoms with E-state index in [2.05, 4.69) is 21.2 Å². The standard InChI is InChI=1S/C32H34N4O6/c1-2-20-41-25-18-14-23(15-19-25)32(40)42-26-16-12-22(13-17-26)21-33-36-31(39)30(38)35-28-11-7-6-10-27(28)29(37)34-24-8-4-3-5-9-24/h6-7,10-19,21,24H,2-5,8-9,20H2,1H3,(H,34,37)(H,35,38)(H,36,39)/b33-21+. The molecule has 0 atom stereocenters. The van der Waals surface area contributed by atoms with Crippen molar-refractivity contribution in [2.45, 2.75) is 51.5 Å². The Morgan fingerprint density at radius 1 is 0.857 bits per heavy atom. The van der Waals surface area contributed by atoms with Gasteiger partial charge in [-0.3, -0.25) is 14.4 Å². The number of anilines is 1. The van der Waals surface area contributed by atoms with Crippen LogP contribution in [0.4, 0.5) is 5.69 Å². The Bertz CT molecular complexity index is 1410. The summed E-state index contributed by atoms with van der Waals surface area (Å²) in [5.41, 5.74) is 3.68. The molecule has 3 aromatic carbocycles. The van der Waals surface area contributed by atoms with Gasteiger partial charge < -0.3 is 20.1 Å². The summed E-state index contributed by atoms with van der Waals surface area (Å²) < 4.78 is 10.9. The van der Waals surface area contributed by atoms with Gasteiger partial charge in [-0.1, -0.05) is 38.3 Å². The van der Waals surface area contributed by atoms with E-state index in [1.54, 1.807) is 72.8 Å². The molecule has 0 aromatic heterocycles. The first kappa shape index (κ1) is 30.0. The van der Waals surface area contributed by atoms with Crippen molar-refractivity contribution >= 4 is 35.6 Å². The largest absolute Gasteiger partial charge is 0.494 e. The normalized spacial score (nSPS) is 13.3. The van der Waals surface area contributed by atoms with Crippen LogP contribution in [-0.2, 0) is 9.59 Å². The second-order valence-electron chi connectivity index (χ2n) is 9.84. The smallest absolute Gasteiger partial charge is 0.343 e. The Kier molecular flexibility index (Phi) is 10.8. The number of benzene rings is 3. The van der Waals surface area contributed by atoms with E-state index in [4.69, 9.17) is 9.47 Å². The minimum atomic E-state index is -0.995. The number of para-hydroxylation sites is 1. The van der Waals surface area contributed by atoms with E-state index in [1.165, 1.54) is 12.6 Å². The molecule has 218 valence electrons. The van der Waals surface area contributed by atoms with Crippen LogP contribution in [-0.4, -0.2) is 42.6 Å². The summed E-state index contributed by atoms with van der Waals surface area (Å²) in [5, 5.41) is 9.32. The van der Waals surface area contributed by atoms with Crippen molar-refractivity contribution in [3.8, 4) is 11.5 Å². The summed E-state index contributed by atoms with van der Waals surface area (Å²) in [6, 6.07) is 19.8. The number of nitrogens with one attached hydrogen (secondary N) is 3. The Morgan fingerprint density at radius 3 is 2.26 bits per heavy atom. The molecule has 0 bridgehead atoms. The fourth-order valence-corrected chi connectivity index (χ4v) is 4.39. The molecule has 0 aliphatic heterocycles. The number of rotatable bonds is 10. The maximum Gasteiger partial charge on any atom is 0.343 e. The van der Waals surface area contributed by atoms with E-state index in [1.807, 2.05) is 6.92 Å². The summed E-state index contributed by atoms with van der Waals surface area (Å²) in [7, 11) is 0. The number of carbonyl (C=O) groups is 4. The molecule has 1 saturated carbocycles. The van der Waals surface area contributed by atoms with Crippen LogP contribution in [0.25, 0.3) is 0 Å². The summed E-state index contributed by atoms with van der Waals surface area (Å²) in [6.07, 6.45) is 7.42. The summed E-state index contributed by atoms with van der Waals surface area (Å²) in [6.45, 7) is 2.62. The van der Waals surface area contributed by atoms with Crippen molar-refractivity contribution in [2.24, 2.45) is 5.10 Å². The van der Waals surface area contributed by atoms with Crippen LogP contribution in [0.5, 0.6) is 11.5 Å². The zero-order chi connectivity index (χ0) is 29.7. The third kappa shape index (κ3) is 8.76. The number of hydrogen-bond donors (Lipinski definition) is 3. The van der Waals surface area contributed by atoms with Crippen molar-refractivity contribution in [1.82, 2.24) is 10.7 Å². The van der Waals surface area contributed by atoms with E-state index in [9.17, 15) is 19.2 Å². The van der Waals surface area contributed by atoms with Gasteiger partial charge in [-0.05, 0) is 85.5 Å². The Labute approximate surface area is 244 Å². The van der Waals surface area contributed by atoms with Gasteiger partial charge in [0, 0.05) is 6.04 Å². The number of hydrogen-bond acceptors (Lipinski definition) is 7. The monoisotopic (exact) mass is 570 g/mol. The van der Waals surface area contributed by atoms with Crippen LogP contribution < -0.4 is 25.5 Å². The van der Waals surface area contributed by atoms with Gasteiger partial charge in [-0.15, -0.1) is 0 Å². The second kappa shape index (κ2) is 15.1. The fraction of sp³-hybridized carbons (Fsp3) is 0.281. The zero-order valence-electron chi connectivity index (χ0n) is 23.4. The van der Waals surface area contributed by atoms with E-state index >= 15 is 0 Å². The molecule has 42 heavy (non-hydrogen) atoms. The van der Waals surface area contributed by atoms with Crippen LogP contribution in [0.15, 0.2) is 77.9 Å². The van der Waals surface area contributed by atoms with Crippen molar-refractivity contribution in [3.05, 3.63) is 89.5 Å². The summed E-state index contributed by atoms with van der Waals surface area (Å²) in [4.78, 5) is 50.0. The number of esters is 1. The molecule has 3 aromatic rings. The minimum Gasteiger partial charge on any atom is -0.494 e. The van der Waals surface area contributed by atoms with Gasteiger partial charge in [0.1, 0.15) is 11.5 Å². The maximum absolute atomic E-state index is 12.8. The molecule has 1 aliphatic carbocycles. The molecule has 4 rings (SSSR count). The fourth-order valence-electron chi connectivity index (χ4n) is 4.39. The van der Waals surface area contributed by atoms with Crippen LogP contribution >= 0.6 is 0 Å². The van der Waals surface area contributed by atoms with Crippen LogP contribution in [0, 0.1) is 0 Å². The van der Waals surface area contributed by atoms with Gasteiger partial charge in [0.15, 0.2) is 0 Å². The van der Waals surface area contributed by atoms with Crippen molar-refractivity contribution in [2.75, 3.05) is 11.9 Å². The van der Waals surface area contributed by atoms with Gasteiger partial charge >= 0.3 is 17.8 Å². The number of nitrogens with zero attached hydrogens (tertiary/aromatic N) is 1. The quantitative estimate of drug-likeness (QED) is 0.105. The lowest BCUT2D eigenvalue weighted by molar-refractivity contribution is -0.136. The third-order valence-electron chi connectivity index (χ3n) is 6.60. The van der Waals surface area contributed by atoms with Crippen LogP contribution in [0.1, 0.15) is 71.7 Å². The van der Waals surface area contributed by atoms with Crippen LogP contribution in [0.3, 0.4) is 0 Å². The highest BCUT2D eigenvalue weighted by Crippen LogP contribution is 2.20. The Morgan fingerprint density at radius 2 is 1.55 bits per heavy atom. The van der Waals surface area contributed by atoms with Gasteiger partial charge in [-0.2, -0.15) is 5.10 Å². The molecule has 0 saturated heterocycles. The molecule has 10 nitrogen and oxygen atoms in total. The zero-order valence-corrected chi connectivity index (χ0v) is 23.4. The predicted molar refractivity (Wildman–Crippen MR) is 159 cm³/mol. The van der Waals surface area contributed by atoms with Crippen molar-refractivity contribution in [3.63, 3.8) is 0 Å². The molecular weight excluding hydrogens is 536 g/mol. The van der Waals surface area contributed by atoms with Crippen molar-refractivity contribution in [1.29, 1.82) is 0 Å². The molecule has 0 unspecified atom stereocenters. The Hall–Kier alpha value is -4.99. The molecule has 10 heteroatoms. The SMILES string of the molecule is CCCOc1ccc(C(=O)Oc2ccc(/C=N/NC(=O)C(=O)Nc3ccccc3C(=O)NC3CCCCC3)cc2)cc1. The average Bonchev–Trinajstić information content (AvgIpc) is 3.01. The number of carbonyl (C=O) groups excluding carboxylic acids is 4. The molecule has 1 fully saturated rings. The third-order valence-corrected chi connectivity index (χ3v) is 6.60. The maximum atomic E-state index is 12.8. The number of amides is 3. The molecule has 1 aliphatic rings. The number of ether oxygens (including phenoxy) is 2. The van der Waals surface area contributed by atoms with Gasteiger partial charge in [0.25, 0.3) is 5.91 Å². The second-order valence-corrected chi connectivity index (χ2v) is 9.84. The highest BCUT2D eigenvalue weighted by atomic mass is 16.5. The predicted octanol–water partition coefficient (Wildman–Crippen LogP) is 4.85. The average molecular weight is 571 g/mol. The molecule has 0 radical (unpaired) electrons. The van der Waals surface area contributed by atoms with E-state index in [0.717, 1.165) is 32.1 Å². The minimum absolute atomic E-state index is 0.108. The molecule has 3 amide bonds. The van der Waals surface area contributed by atoms with Crippen molar-refractivity contribution < 1.29 is 28.7 Å². The lowest BCUT2D eigenvalue weighted by Gasteiger charge is -2.23. The van der Waals surface area contributed by atoms with Gasteiger partial charge in [0.05, 0.1) is 29.6 Å². The summed E-state index contributed by atoms with van der Waals surface area (Å²) >= 11 is 0. The van der Waals surface area contributed by atoms with Crippen LogP contribution in [0.2, 0.25) is 0 Å². The molecule has 0 heterocycles. The first-order valence-electron chi connectivity index (χ1n) is 14.0. The summed E-state index contributed by atoms with van der Waals surface area (Å²) in [5.74, 6) is -1.74. The Balaban J connectivity index is 1.26. The van der Waals surface area contributed by atoms with Gasteiger partial charge in [-0.25, -0.2) is 10.2 Å². The molecular formula is C32H34N4O6. The van der Waals surface area contributed by atoms with E-state index < -0.39 is 17.8 Å². The highest BCUT2D eigenvalue weighted by molar-refractivity contribution is 6.40. The van der Waals surface area contributed by atoms with E-state index in [0.29, 0.717) is 29.2 Å². The lowest BCUT2D eigenvalue weighted by atomic mass is 9.95. The first-order valence-corrected chi connectivity index (χ1v) is 14.0.